The molecule has 5 fully saturated rings. The minimum Gasteiger partial charge on any atom is -0.489 e. The SMILES string of the molecule is O=C(C[C@@H](c1ccccc1)c1cccc(C(O)Oc2cccc(CN3CCS[C@H]3C(=O)O[C@@H](Cc3c(Cl)cncc3Cl)c3ccc(OC(F)F)c(OCC4CC4)c3)c2)c1)O[C@H]1CN2CCC1CC2. The van der Waals surface area contributed by atoms with Crippen molar-refractivity contribution in [1.82, 2.24) is 14.8 Å². The summed E-state index contributed by atoms with van der Waals surface area (Å²) >= 11 is 14.5. The molecule has 1 saturated carbocycles. The number of benzene rings is 4. The first-order valence-corrected chi connectivity index (χ1v) is 24.9. The number of aliphatic hydroxyl groups excluding tert-OH is 1. The minimum absolute atomic E-state index is 0.0737. The molecule has 16 heteroatoms. The van der Waals surface area contributed by atoms with E-state index in [0.717, 1.165) is 62.0 Å². The van der Waals surface area contributed by atoms with Crippen molar-refractivity contribution in [2.45, 2.75) is 81.5 Å². The van der Waals surface area contributed by atoms with Crippen molar-refractivity contribution in [2.75, 3.05) is 38.5 Å². The Hall–Kier alpha value is -4.96. The van der Waals surface area contributed by atoms with Crippen LogP contribution in [-0.2, 0) is 32.0 Å². The molecule has 11 nitrogen and oxygen atoms in total. The Balaban J connectivity index is 0.875. The number of carbonyl (C=O) groups excluding carboxylic acids is 2. The van der Waals surface area contributed by atoms with Crippen LogP contribution in [0.5, 0.6) is 17.2 Å². The first kappa shape index (κ1) is 48.1. The molecule has 0 spiro atoms. The first-order chi connectivity index (χ1) is 33.0. The first-order valence-electron chi connectivity index (χ1n) is 23.1. The number of rotatable bonds is 20. The van der Waals surface area contributed by atoms with E-state index in [1.807, 2.05) is 71.6 Å². The Morgan fingerprint density at radius 3 is 2.29 bits per heavy atom. The number of hydrogen-bond acceptors (Lipinski definition) is 12. The molecule has 5 heterocycles. The van der Waals surface area contributed by atoms with Crippen LogP contribution >= 0.6 is 35.0 Å². The van der Waals surface area contributed by atoms with E-state index in [-0.39, 0.29) is 52.4 Å². The van der Waals surface area contributed by atoms with Gasteiger partial charge >= 0.3 is 18.6 Å². The lowest BCUT2D eigenvalue weighted by molar-refractivity contribution is -0.159. The summed E-state index contributed by atoms with van der Waals surface area (Å²) in [5, 5.41) is 11.4. The van der Waals surface area contributed by atoms with E-state index in [4.69, 9.17) is 46.9 Å². The molecular formula is C52H53Cl2F2N3O8S. The molecule has 1 aliphatic carbocycles. The number of pyridine rings is 1. The molecule has 5 aliphatic rings. The largest absolute Gasteiger partial charge is 0.489 e. The van der Waals surface area contributed by atoms with Crippen molar-refractivity contribution in [3.63, 3.8) is 0 Å². The molecular weight excluding hydrogens is 936 g/mol. The van der Waals surface area contributed by atoms with Gasteiger partial charge < -0.3 is 28.8 Å². The lowest BCUT2D eigenvalue weighted by Crippen LogP contribution is -2.52. The third-order valence-electron chi connectivity index (χ3n) is 13.1. The van der Waals surface area contributed by atoms with E-state index in [1.165, 1.54) is 30.2 Å². The van der Waals surface area contributed by atoms with Gasteiger partial charge in [0.25, 0.3) is 0 Å². The highest BCUT2D eigenvalue weighted by atomic mass is 35.5. The normalized spacial score (nSPS) is 21.5. The fraction of sp³-hybridized carbons (Fsp3) is 0.404. The average Bonchev–Trinajstić information content (AvgIpc) is 4.06. The van der Waals surface area contributed by atoms with Gasteiger partial charge in [0.05, 0.1) is 23.1 Å². The number of aromatic nitrogens is 1. The fourth-order valence-corrected chi connectivity index (χ4v) is 10.9. The Bertz CT molecular complexity index is 2510. The van der Waals surface area contributed by atoms with Crippen molar-refractivity contribution in [1.29, 1.82) is 0 Å². The molecule has 68 heavy (non-hydrogen) atoms. The van der Waals surface area contributed by atoms with Crippen LogP contribution in [0.15, 0.2) is 109 Å². The Kier molecular flexibility index (Phi) is 15.7. The standard InChI is InChI=1S/C52H53Cl2F2N3O8S/c53-42-27-57-28-43(54)41(42)25-45(37-14-15-44(67-52(55)56)46(24-37)63-31-32-12-13-32)66-51(62)49-59(20-21-68-49)29-33-6-4-11-39(22-33)64-50(61)38-10-5-9-36(23-38)40(34-7-2-1-3-8-34)26-48(60)65-47-30-58-18-16-35(47)17-19-58/h1-11,14-15,22-24,27-28,32,35,40,45,47,49-50,52,61H,12-13,16-21,25-26,29-31H2/t40-,45-,47-,49-,50?/m0/s1. The predicted octanol–water partition coefficient (Wildman–Crippen LogP) is 10.4. The molecule has 1 unspecified atom stereocenters. The Morgan fingerprint density at radius 2 is 1.56 bits per heavy atom. The summed E-state index contributed by atoms with van der Waals surface area (Å²) in [5.41, 5.74) is 4.18. The summed E-state index contributed by atoms with van der Waals surface area (Å²) in [5.74, 6) is 0.800. The van der Waals surface area contributed by atoms with Crippen molar-refractivity contribution < 1.29 is 47.2 Å². The monoisotopic (exact) mass is 987 g/mol. The van der Waals surface area contributed by atoms with E-state index < -0.39 is 30.3 Å². The lowest BCUT2D eigenvalue weighted by Gasteiger charge is -2.44. The van der Waals surface area contributed by atoms with E-state index in [0.29, 0.717) is 59.7 Å². The fourth-order valence-electron chi connectivity index (χ4n) is 9.27. The van der Waals surface area contributed by atoms with Gasteiger partial charge in [0, 0.05) is 55.7 Å². The number of hydrogen-bond donors (Lipinski definition) is 1. The summed E-state index contributed by atoms with van der Waals surface area (Å²) in [7, 11) is 0. The van der Waals surface area contributed by atoms with Gasteiger partial charge in [0.15, 0.2) is 16.9 Å². The van der Waals surface area contributed by atoms with Gasteiger partial charge in [-0.05, 0) is 109 Å². The number of nitrogens with zero attached hydrogens (tertiary/aromatic N) is 3. The molecule has 1 aromatic heterocycles. The molecule has 5 atom stereocenters. The second-order valence-electron chi connectivity index (χ2n) is 17.9. The Labute approximate surface area is 409 Å². The second kappa shape index (κ2) is 22.2. The zero-order valence-corrected chi connectivity index (χ0v) is 39.6. The van der Waals surface area contributed by atoms with Crippen molar-refractivity contribution in [3.8, 4) is 17.2 Å². The van der Waals surface area contributed by atoms with Crippen LogP contribution in [0.25, 0.3) is 0 Å². The molecule has 4 saturated heterocycles. The van der Waals surface area contributed by atoms with Crippen LogP contribution in [0, 0.1) is 11.8 Å². The number of aliphatic hydroxyl groups is 1. The van der Waals surface area contributed by atoms with Crippen LogP contribution in [-0.4, -0.2) is 88.5 Å². The van der Waals surface area contributed by atoms with Gasteiger partial charge in [-0.2, -0.15) is 8.78 Å². The number of carbonyl (C=O) groups is 2. The number of esters is 2. The van der Waals surface area contributed by atoms with Crippen LogP contribution in [0.3, 0.4) is 0 Å². The maximum atomic E-state index is 14.2. The summed E-state index contributed by atoms with van der Waals surface area (Å²) in [6.45, 7) is 1.16. The van der Waals surface area contributed by atoms with Gasteiger partial charge in [-0.3, -0.25) is 19.6 Å². The van der Waals surface area contributed by atoms with Crippen LogP contribution in [0.4, 0.5) is 8.78 Å². The molecule has 4 aliphatic heterocycles. The molecule has 5 aromatic rings. The lowest BCUT2D eigenvalue weighted by atomic mass is 9.85. The maximum Gasteiger partial charge on any atom is 0.387 e. The zero-order valence-electron chi connectivity index (χ0n) is 37.3. The van der Waals surface area contributed by atoms with Crippen molar-refractivity contribution >= 4 is 46.9 Å². The minimum atomic E-state index is -3.06. The van der Waals surface area contributed by atoms with Gasteiger partial charge in [-0.25, -0.2) is 4.79 Å². The van der Waals surface area contributed by atoms with Crippen molar-refractivity contribution in [2.24, 2.45) is 11.8 Å². The zero-order chi connectivity index (χ0) is 47.1. The van der Waals surface area contributed by atoms with Crippen LogP contribution < -0.4 is 14.2 Å². The molecule has 0 radical (unpaired) electrons. The smallest absolute Gasteiger partial charge is 0.387 e. The molecule has 4 aromatic carbocycles. The van der Waals surface area contributed by atoms with E-state index in [9.17, 15) is 23.5 Å². The number of piperidine rings is 3. The van der Waals surface area contributed by atoms with Crippen LogP contribution in [0.1, 0.15) is 83.8 Å². The highest BCUT2D eigenvalue weighted by Gasteiger charge is 2.38. The molecule has 2 bridgehead atoms. The van der Waals surface area contributed by atoms with Crippen molar-refractivity contribution in [3.05, 3.63) is 153 Å². The number of fused-ring (bicyclic) bond motifs is 3. The average molecular weight is 989 g/mol. The summed E-state index contributed by atoms with van der Waals surface area (Å²) in [6, 6.07) is 29.2. The molecule has 1 N–H and O–H groups in total. The third-order valence-corrected chi connectivity index (χ3v) is 15.0. The predicted molar refractivity (Wildman–Crippen MR) is 255 cm³/mol. The summed E-state index contributed by atoms with van der Waals surface area (Å²) in [4.78, 5) is 36.2. The number of thioether (sulfide) groups is 1. The van der Waals surface area contributed by atoms with Gasteiger partial charge in [-0.1, -0.05) is 89.9 Å². The van der Waals surface area contributed by atoms with E-state index in [2.05, 4.69) is 9.88 Å². The van der Waals surface area contributed by atoms with Gasteiger partial charge in [0.1, 0.15) is 18.0 Å². The highest BCUT2D eigenvalue weighted by Crippen LogP contribution is 2.40. The highest BCUT2D eigenvalue weighted by molar-refractivity contribution is 8.00. The maximum absolute atomic E-state index is 14.2. The molecule has 0 amide bonds. The topological polar surface area (TPSA) is 120 Å². The van der Waals surface area contributed by atoms with E-state index >= 15 is 0 Å². The quantitative estimate of drug-likeness (QED) is 0.0591. The summed E-state index contributed by atoms with van der Waals surface area (Å²) < 4.78 is 56.1. The molecule has 358 valence electrons. The summed E-state index contributed by atoms with van der Waals surface area (Å²) in [6.07, 6.45) is 4.89. The number of alkyl halides is 2. The number of halogens is 4. The second-order valence-corrected chi connectivity index (χ2v) is 19.9. The molecule has 10 rings (SSSR count). The van der Waals surface area contributed by atoms with Gasteiger partial charge in [0.2, 0.25) is 6.29 Å². The number of ether oxygens (including phenoxy) is 5. The third kappa shape index (κ3) is 12.2. The van der Waals surface area contributed by atoms with Crippen LogP contribution in [0.2, 0.25) is 10.0 Å². The van der Waals surface area contributed by atoms with Gasteiger partial charge in [-0.15, -0.1) is 11.8 Å². The Morgan fingerprint density at radius 1 is 0.809 bits per heavy atom. The van der Waals surface area contributed by atoms with E-state index in [1.54, 1.807) is 24.3 Å².